The van der Waals surface area contributed by atoms with Crippen molar-refractivity contribution in [3.8, 4) is 11.4 Å². The molecular weight excluding hydrogens is 875 g/mol. The first-order valence-corrected chi connectivity index (χ1v) is 21.5. The average molecular weight is 927 g/mol. The minimum Gasteiger partial charge on any atom is -1.00 e. The molecule has 2 N–H and O–H groups in total. The summed E-state index contributed by atoms with van der Waals surface area (Å²) in [4.78, 5) is 11.7. The summed E-state index contributed by atoms with van der Waals surface area (Å²) in [6.45, 7) is 7.92. The summed E-state index contributed by atoms with van der Waals surface area (Å²) in [7, 11) is 0. The van der Waals surface area contributed by atoms with Crippen molar-refractivity contribution in [1.82, 2.24) is 19.6 Å². The molecule has 7 nitrogen and oxygen atoms in total. The predicted octanol–water partition coefficient (Wildman–Crippen LogP) is 7.59. The van der Waals surface area contributed by atoms with Gasteiger partial charge in [-0.1, -0.05) is 49.3 Å². The van der Waals surface area contributed by atoms with Crippen LogP contribution < -0.4 is 12.4 Å². The van der Waals surface area contributed by atoms with Crippen molar-refractivity contribution in [2.45, 2.75) is 77.7 Å². The van der Waals surface area contributed by atoms with Crippen LogP contribution in [0.3, 0.4) is 0 Å². The second-order valence-corrected chi connectivity index (χ2v) is 17.7. The number of fused-ring (bicyclic) bond motifs is 4. The monoisotopic (exact) mass is 925 g/mol. The summed E-state index contributed by atoms with van der Waals surface area (Å²) < 4.78 is 55.5. The molecule has 3 radical (unpaired) electrons. The summed E-state index contributed by atoms with van der Waals surface area (Å²) >= 11 is 0. The summed E-state index contributed by atoms with van der Waals surface area (Å²) in [5, 5.41) is 29.8. The molecule has 4 aromatic carbocycles. The van der Waals surface area contributed by atoms with Crippen molar-refractivity contribution in [2.75, 3.05) is 0 Å². The van der Waals surface area contributed by atoms with E-state index in [1.54, 1.807) is 48.5 Å². The fourth-order valence-corrected chi connectivity index (χ4v) is 10.2. The van der Waals surface area contributed by atoms with Crippen LogP contribution in [0.1, 0.15) is 86.0 Å². The van der Waals surface area contributed by atoms with Gasteiger partial charge < -0.3 is 22.6 Å². The Balaban J connectivity index is 0.000000208. The van der Waals surface area contributed by atoms with Crippen molar-refractivity contribution >= 4 is 49.6 Å². The van der Waals surface area contributed by atoms with Crippen LogP contribution >= 0.6 is 0 Å². The van der Waals surface area contributed by atoms with Gasteiger partial charge in [0.05, 0.1) is 53.0 Å². The smallest absolute Gasteiger partial charge is 1.00 e. The van der Waals surface area contributed by atoms with E-state index in [0.717, 1.165) is 90.0 Å². The van der Waals surface area contributed by atoms with Gasteiger partial charge in [0.2, 0.25) is 0 Å². The van der Waals surface area contributed by atoms with Gasteiger partial charge in [-0.3, -0.25) is 4.79 Å². The molecule has 14 heteroatoms. The van der Waals surface area contributed by atoms with Gasteiger partial charge in [0.15, 0.2) is 0 Å². The minimum atomic E-state index is -0.711. The summed E-state index contributed by atoms with van der Waals surface area (Å²) in [6.07, 6.45) is 15.1. The zero-order valence-corrected chi connectivity index (χ0v) is 39.3. The first-order valence-electron chi connectivity index (χ1n) is 21.5. The van der Waals surface area contributed by atoms with E-state index in [-0.39, 0.29) is 89.8 Å². The zero-order valence-electron chi connectivity index (χ0n) is 37.1. The van der Waals surface area contributed by atoms with Crippen molar-refractivity contribution in [3.63, 3.8) is 0 Å². The number of hydrogen-bond acceptors (Lipinski definition) is 4. The topological polar surface area (TPSA) is 93.2 Å². The number of carboxylic acid groups (broad SMARTS) is 1. The Bertz CT molecular complexity index is 2630. The van der Waals surface area contributed by atoms with Crippen molar-refractivity contribution in [1.29, 1.82) is 0 Å². The van der Waals surface area contributed by atoms with Gasteiger partial charge in [0.25, 0.3) is 0 Å². The van der Waals surface area contributed by atoms with Crippen LogP contribution in [-0.4, -0.2) is 73.3 Å². The fourth-order valence-electron chi connectivity index (χ4n) is 10.2. The Morgan fingerprint density at radius 3 is 1.56 bits per heavy atom. The van der Waals surface area contributed by atoms with Crippen LogP contribution in [0.25, 0.3) is 23.5 Å². The Morgan fingerprint density at radius 2 is 1.11 bits per heavy atom. The van der Waals surface area contributed by atoms with E-state index in [2.05, 4.69) is 43.1 Å². The van der Waals surface area contributed by atoms with E-state index >= 15 is 0 Å². The van der Waals surface area contributed by atoms with Crippen LogP contribution in [0.4, 0.5) is 17.6 Å². The molecule has 6 aromatic rings. The van der Waals surface area contributed by atoms with Crippen LogP contribution in [0.2, 0.25) is 0 Å². The quantitative estimate of drug-likeness (QED) is 0.102. The van der Waals surface area contributed by atoms with Crippen molar-refractivity contribution in [2.24, 2.45) is 22.7 Å². The number of halogens is 5. The minimum absolute atomic E-state index is 0. The van der Waals surface area contributed by atoms with Crippen LogP contribution in [0.15, 0.2) is 121 Å². The molecule has 0 saturated heterocycles. The summed E-state index contributed by atoms with van der Waals surface area (Å²) in [5.74, 6) is -1.94. The van der Waals surface area contributed by atoms with Gasteiger partial charge in [0, 0.05) is 13.8 Å². The molecule has 0 amide bonds. The maximum atomic E-state index is 13.3. The Labute approximate surface area is 408 Å². The number of carboxylic acids is 1. The van der Waals surface area contributed by atoms with Crippen LogP contribution in [-0.2, 0) is 24.1 Å². The number of aliphatic hydroxyl groups is 1. The number of aliphatic carboxylic acids is 1. The Kier molecular flexibility index (Phi) is 17.1. The number of aliphatic hydroxyl groups excluding tert-OH is 1. The van der Waals surface area contributed by atoms with Gasteiger partial charge in [-0.2, -0.15) is 34.8 Å². The standard InChI is InChI=1S/C26H26F2N2O.C19H19FN2O2.C7H6F.B.ClH.Mg/c1-26-15-18-16-29-30(22-11-9-21(28)10-12-22)24(18)14-19(26)3-2-4-23(26)25(31)13-17-5-7-20(27)8-6-17;1-19-10-12-11-21-22(15-7-5-14(20)6-8-15)17(12)9-13(19)3-2-4-16(19)18(23)24;1-6-2-4-7(8)5-3-6;;;/h5-12,14,16,23,25,31H,2-4,13,15H2,1H3;5-9,11,16H,2-4,10H2,1H3,(H,23,24);2-5H,1H2;;1H;/q;;-1;;;+2/p-1/t23-,25+,26+;16-,19+;;;;/m11..../s1. The molecule has 2 saturated carbocycles. The maximum absolute atomic E-state index is 13.3. The third-order valence-corrected chi connectivity index (χ3v) is 13.6. The zero-order chi connectivity index (χ0) is 44.5. The second-order valence-electron chi connectivity index (χ2n) is 17.7. The van der Waals surface area contributed by atoms with Gasteiger partial charge in [-0.15, -0.1) is 0 Å². The molecule has 4 aliphatic rings. The number of hydrogen-bond donors (Lipinski definition) is 2. The van der Waals surface area contributed by atoms with Crippen molar-refractivity contribution in [3.05, 3.63) is 184 Å². The summed E-state index contributed by atoms with van der Waals surface area (Å²) in [5.41, 5.74) is 9.74. The molecule has 337 valence electrons. The molecule has 0 spiro atoms. The SMILES string of the molecule is C[C@]12Cc3cnn(-c4ccc(F)cc4)c3C=C1CCC[C@@H]2C(=O)O.C[C@]12Cc3cnn(-c4ccc(F)cc4)c3C=C1CCC[C@@H]2[C@@H](O)Cc1ccc(F)cc1.[B].[CH2-]c1ccc(F)cc1.[Cl-].[Mg+2]. The number of allylic oxidation sites excluding steroid dienone is 2. The van der Waals surface area contributed by atoms with Crippen molar-refractivity contribution < 1.29 is 45.0 Å². The van der Waals surface area contributed by atoms with E-state index < -0.39 is 12.1 Å². The molecule has 0 bridgehead atoms. The number of aromatic nitrogens is 4. The molecule has 2 aromatic heterocycles. The average Bonchev–Trinajstić information content (AvgIpc) is 3.86. The summed E-state index contributed by atoms with van der Waals surface area (Å²) in [6, 6.07) is 25.1. The van der Waals surface area contributed by atoms with Gasteiger partial charge in [0.1, 0.15) is 17.5 Å². The van der Waals surface area contributed by atoms with E-state index in [9.17, 15) is 32.6 Å². The van der Waals surface area contributed by atoms with E-state index in [1.165, 1.54) is 59.7 Å². The maximum Gasteiger partial charge on any atom is 2.00 e. The fraction of sp³-hybridized carbons (Fsp3) is 0.308. The molecular formula is C52H51BClF4MgN4O3. The molecule has 66 heavy (non-hydrogen) atoms. The molecule has 10 rings (SSSR count). The van der Waals surface area contributed by atoms with Crippen LogP contribution in [0.5, 0.6) is 0 Å². The second kappa shape index (κ2) is 21.7. The van der Waals surface area contributed by atoms with Gasteiger partial charge in [-0.05, 0) is 159 Å². The Hall–Kier alpha value is -5.08. The van der Waals surface area contributed by atoms with E-state index in [4.69, 9.17) is 0 Å². The first kappa shape index (κ1) is 51.9. The largest absolute Gasteiger partial charge is 2.00 e. The number of carbonyl (C=O) groups is 1. The molecule has 0 unspecified atom stereocenters. The van der Waals surface area contributed by atoms with Crippen LogP contribution in [0, 0.1) is 52.9 Å². The molecule has 2 fully saturated rings. The number of nitrogens with zero attached hydrogens (tertiary/aromatic N) is 4. The first-order chi connectivity index (χ1) is 30.2. The Morgan fingerprint density at radius 1 is 0.697 bits per heavy atom. The molecule has 0 aliphatic heterocycles. The molecule has 2 heterocycles. The third kappa shape index (κ3) is 10.9. The normalized spacial score (nSPS) is 21.5. The number of rotatable bonds is 6. The van der Waals surface area contributed by atoms with Gasteiger partial charge >= 0.3 is 29.0 Å². The number of benzene rings is 4. The van der Waals surface area contributed by atoms with Gasteiger partial charge in [-0.25, -0.2) is 26.9 Å². The predicted molar refractivity (Wildman–Crippen MR) is 247 cm³/mol. The third-order valence-electron chi connectivity index (χ3n) is 13.6. The van der Waals surface area contributed by atoms with E-state index in [1.807, 2.05) is 21.8 Å². The molecule has 5 atom stereocenters. The van der Waals surface area contributed by atoms with E-state index in [0.29, 0.717) is 12.8 Å². The molecule has 4 aliphatic carbocycles.